The zero-order valence-corrected chi connectivity index (χ0v) is 10.9. The van der Waals surface area contributed by atoms with Crippen LogP contribution in [0.4, 0.5) is 5.69 Å². The summed E-state index contributed by atoms with van der Waals surface area (Å²) in [5.74, 6) is 0.550. The Bertz CT molecular complexity index is 534. The molecule has 19 heavy (non-hydrogen) atoms. The summed E-state index contributed by atoms with van der Waals surface area (Å²) < 4.78 is 10.8. The van der Waals surface area contributed by atoms with Crippen molar-refractivity contribution in [2.75, 3.05) is 18.5 Å². The quantitative estimate of drug-likeness (QED) is 0.914. The summed E-state index contributed by atoms with van der Waals surface area (Å²) in [7, 11) is 0. The second-order valence-electron chi connectivity index (χ2n) is 4.79. The molecule has 0 aliphatic carbocycles. The Kier molecular flexibility index (Phi) is 3.46. The van der Waals surface area contributed by atoms with Gasteiger partial charge < -0.3 is 14.5 Å². The van der Waals surface area contributed by atoms with E-state index in [0.717, 1.165) is 36.4 Å². The third-order valence-corrected chi connectivity index (χ3v) is 3.38. The van der Waals surface area contributed by atoms with Crippen LogP contribution in [0.2, 0.25) is 0 Å². The molecule has 1 aromatic carbocycles. The number of nitrogens with zero attached hydrogens (tertiary/aromatic N) is 2. The van der Waals surface area contributed by atoms with E-state index in [1.165, 1.54) is 12.8 Å². The van der Waals surface area contributed by atoms with Crippen molar-refractivity contribution in [3.05, 3.63) is 30.2 Å². The molecule has 3 rings (SSSR count). The lowest BCUT2D eigenvalue weighted by Crippen LogP contribution is -2.18. The molecule has 1 atom stereocenters. The lowest BCUT2D eigenvalue weighted by Gasteiger charge is -2.14. The Morgan fingerprint density at radius 1 is 1.42 bits per heavy atom. The molecule has 100 valence electrons. The van der Waals surface area contributed by atoms with Crippen molar-refractivity contribution in [1.82, 2.24) is 10.2 Å². The molecule has 5 nitrogen and oxygen atoms in total. The van der Waals surface area contributed by atoms with Gasteiger partial charge in [-0.2, -0.15) is 0 Å². The molecule has 1 aliphatic heterocycles. The van der Waals surface area contributed by atoms with Gasteiger partial charge in [0.05, 0.1) is 6.10 Å². The first-order chi connectivity index (χ1) is 9.33. The Morgan fingerprint density at radius 2 is 2.37 bits per heavy atom. The third kappa shape index (κ3) is 2.76. The van der Waals surface area contributed by atoms with Crippen LogP contribution < -0.4 is 5.32 Å². The first-order valence-electron chi connectivity index (χ1n) is 6.55. The molecular formula is C14H17N3O2. The highest BCUT2D eigenvalue weighted by Crippen LogP contribution is 2.23. The van der Waals surface area contributed by atoms with Crippen molar-refractivity contribution in [1.29, 1.82) is 0 Å². The molecular weight excluding hydrogens is 242 g/mol. The molecule has 1 aromatic heterocycles. The SMILES string of the molecule is Cc1cc(-c2nnco2)ccc1NCC1CCCO1. The number of aromatic nitrogens is 2. The molecule has 0 radical (unpaired) electrons. The van der Waals surface area contributed by atoms with Gasteiger partial charge in [-0.3, -0.25) is 0 Å². The average Bonchev–Trinajstić information content (AvgIpc) is 3.10. The van der Waals surface area contributed by atoms with Crippen molar-refractivity contribution in [3.8, 4) is 11.5 Å². The minimum atomic E-state index is 0.343. The molecule has 1 unspecified atom stereocenters. The summed E-state index contributed by atoms with van der Waals surface area (Å²) in [6, 6.07) is 6.08. The zero-order valence-electron chi connectivity index (χ0n) is 10.9. The van der Waals surface area contributed by atoms with Crippen LogP contribution in [0.3, 0.4) is 0 Å². The Hall–Kier alpha value is -1.88. The van der Waals surface area contributed by atoms with E-state index in [9.17, 15) is 0 Å². The number of aryl methyl sites for hydroxylation is 1. The van der Waals surface area contributed by atoms with Crippen LogP contribution in [0, 0.1) is 6.92 Å². The van der Waals surface area contributed by atoms with E-state index in [1.807, 2.05) is 18.2 Å². The van der Waals surface area contributed by atoms with Crippen molar-refractivity contribution < 1.29 is 9.15 Å². The molecule has 2 heterocycles. The van der Waals surface area contributed by atoms with Gasteiger partial charge >= 0.3 is 0 Å². The van der Waals surface area contributed by atoms with Gasteiger partial charge in [-0.1, -0.05) is 0 Å². The number of hydrogen-bond donors (Lipinski definition) is 1. The second-order valence-corrected chi connectivity index (χ2v) is 4.79. The van der Waals surface area contributed by atoms with E-state index in [4.69, 9.17) is 9.15 Å². The zero-order chi connectivity index (χ0) is 13.1. The summed E-state index contributed by atoms with van der Waals surface area (Å²) in [4.78, 5) is 0. The fourth-order valence-electron chi connectivity index (χ4n) is 2.32. The molecule has 1 aliphatic rings. The van der Waals surface area contributed by atoms with Crippen LogP contribution in [0.25, 0.3) is 11.5 Å². The number of hydrogen-bond acceptors (Lipinski definition) is 5. The van der Waals surface area contributed by atoms with Gasteiger partial charge in [0.1, 0.15) is 0 Å². The van der Waals surface area contributed by atoms with E-state index in [0.29, 0.717) is 12.0 Å². The maximum Gasteiger partial charge on any atom is 0.247 e. The van der Waals surface area contributed by atoms with Crippen molar-refractivity contribution in [3.63, 3.8) is 0 Å². The molecule has 5 heteroatoms. The number of rotatable bonds is 4. The van der Waals surface area contributed by atoms with Crippen molar-refractivity contribution >= 4 is 5.69 Å². The summed E-state index contributed by atoms with van der Waals surface area (Å²) in [6.07, 6.45) is 4.00. The van der Waals surface area contributed by atoms with Crippen molar-refractivity contribution in [2.45, 2.75) is 25.9 Å². The highest BCUT2D eigenvalue weighted by Gasteiger charge is 2.15. The smallest absolute Gasteiger partial charge is 0.247 e. The molecule has 0 spiro atoms. The van der Waals surface area contributed by atoms with Gasteiger partial charge in [-0.25, -0.2) is 0 Å². The monoisotopic (exact) mass is 259 g/mol. The normalized spacial score (nSPS) is 18.7. The molecule has 0 saturated carbocycles. The number of benzene rings is 1. The van der Waals surface area contributed by atoms with Crippen molar-refractivity contribution in [2.24, 2.45) is 0 Å². The minimum Gasteiger partial charge on any atom is -0.423 e. The van der Waals surface area contributed by atoms with Crippen LogP contribution in [0.15, 0.2) is 29.0 Å². The average molecular weight is 259 g/mol. The standard InChI is InChI=1S/C14H17N3O2/c1-10-7-11(14-17-16-9-19-14)4-5-13(10)15-8-12-3-2-6-18-12/h4-5,7,9,12,15H,2-3,6,8H2,1H3. The Balaban J connectivity index is 1.69. The molecule has 1 fully saturated rings. The fourth-order valence-corrected chi connectivity index (χ4v) is 2.32. The fraction of sp³-hybridized carbons (Fsp3) is 0.429. The molecule has 0 bridgehead atoms. The number of nitrogens with one attached hydrogen (secondary N) is 1. The second kappa shape index (κ2) is 5.40. The van der Waals surface area contributed by atoms with Gasteiger partial charge in [-0.15, -0.1) is 10.2 Å². The first-order valence-corrected chi connectivity index (χ1v) is 6.55. The van der Waals surface area contributed by atoms with Crippen LogP contribution in [-0.4, -0.2) is 29.5 Å². The molecule has 1 N–H and O–H groups in total. The predicted molar refractivity (Wildman–Crippen MR) is 71.9 cm³/mol. The van der Waals surface area contributed by atoms with Gasteiger partial charge in [0.15, 0.2) is 0 Å². The van der Waals surface area contributed by atoms with Gasteiger partial charge in [0.25, 0.3) is 0 Å². The van der Waals surface area contributed by atoms with Crippen LogP contribution in [0.5, 0.6) is 0 Å². The summed E-state index contributed by atoms with van der Waals surface area (Å²) in [6.45, 7) is 3.82. The maximum absolute atomic E-state index is 5.60. The highest BCUT2D eigenvalue weighted by molar-refractivity contribution is 5.62. The molecule has 1 saturated heterocycles. The molecule has 0 amide bonds. The van der Waals surface area contributed by atoms with Gasteiger partial charge in [0, 0.05) is 24.4 Å². The summed E-state index contributed by atoms with van der Waals surface area (Å²) in [5.41, 5.74) is 3.23. The largest absolute Gasteiger partial charge is 0.423 e. The molecule has 2 aromatic rings. The van der Waals surface area contributed by atoms with E-state index in [2.05, 4.69) is 22.4 Å². The lowest BCUT2D eigenvalue weighted by molar-refractivity contribution is 0.120. The predicted octanol–water partition coefficient (Wildman–Crippen LogP) is 2.64. The van der Waals surface area contributed by atoms with Gasteiger partial charge in [0.2, 0.25) is 12.3 Å². The van der Waals surface area contributed by atoms with Gasteiger partial charge in [-0.05, 0) is 43.5 Å². The summed E-state index contributed by atoms with van der Waals surface area (Å²) in [5, 5.41) is 11.0. The third-order valence-electron chi connectivity index (χ3n) is 3.38. The maximum atomic E-state index is 5.60. The first kappa shape index (κ1) is 12.2. The number of ether oxygens (including phenoxy) is 1. The summed E-state index contributed by atoms with van der Waals surface area (Å²) >= 11 is 0. The van der Waals surface area contributed by atoms with E-state index >= 15 is 0 Å². The minimum absolute atomic E-state index is 0.343. The Morgan fingerprint density at radius 3 is 3.05 bits per heavy atom. The number of anilines is 1. The van der Waals surface area contributed by atoms with Crippen LogP contribution in [-0.2, 0) is 4.74 Å². The lowest BCUT2D eigenvalue weighted by atomic mass is 10.1. The van der Waals surface area contributed by atoms with Crippen LogP contribution >= 0.6 is 0 Å². The van der Waals surface area contributed by atoms with E-state index in [-0.39, 0.29) is 0 Å². The van der Waals surface area contributed by atoms with E-state index < -0.39 is 0 Å². The highest BCUT2D eigenvalue weighted by atomic mass is 16.5. The Labute approximate surface area is 112 Å². The van der Waals surface area contributed by atoms with E-state index in [1.54, 1.807) is 0 Å². The van der Waals surface area contributed by atoms with Crippen LogP contribution in [0.1, 0.15) is 18.4 Å². The topological polar surface area (TPSA) is 60.2 Å².